The normalized spacial score (nSPS) is 11.5. The van der Waals surface area contributed by atoms with Gasteiger partial charge in [0.2, 0.25) is 0 Å². The molecule has 2 aromatic heterocycles. The molecule has 7 heteroatoms. The van der Waals surface area contributed by atoms with Crippen LogP contribution in [0.3, 0.4) is 0 Å². The number of benzene rings is 1. The van der Waals surface area contributed by atoms with Gasteiger partial charge in [0.25, 0.3) is 0 Å². The number of hydrogen-bond acceptors (Lipinski definition) is 5. The van der Waals surface area contributed by atoms with E-state index < -0.39 is 0 Å². The molecule has 2 heterocycles. The lowest BCUT2D eigenvalue weighted by atomic mass is 9.95. The van der Waals surface area contributed by atoms with Crippen LogP contribution in [0.15, 0.2) is 55.0 Å². The first-order valence-corrected chi connectivity index (χ1v) is 8.88. The van der Waals surface area contributed by atoms with Crippen LogP contribution in [0, 0.1) is 5.82 Å². The van der Waals surface area contributed by atoms with E-state index in [0.29, 0.717) is 18.6 Å². The Hall–Kier alpha value is -2.57. The summed E-state index contributed by atoms with van der Waals surface area (Å²) in [4.78, 5) is 13.1. The van der Waals surface area contributed by atoms with Gasteiger partial charge in [-0.15, -0.1) is 12.4 Å². The molecule has 0 unspecified atom stereocenters. The van der Waals surface area contributed by atoms with Crippen molar-refractivity contribution in [3.05, 3.63) is 83.5 Å². The van der Waals surface area contributed by atoms with E-state index >= 15 is 0 Å². The van der Waals surface area contributed by atoms with Gasteiger partial charge in [0.15, 0.2) is 0 Å². The molecule has 28 heavy (non-hydrogen) atoms. The van der Waals surface area contributed by atoms with Crippen molar-refractivity contribution in [1.29, 1.82) is 0 Å². The van der Waals surface area contributed by atoms with Crippen molar-refractivity contribution in [2.24, 2.45) is 0 Å². The number of ether oxygens (including phenoxy) is 1. The number of hydrogen-bond donors (Lipinski definition) is 1. The molecule has 1 atom stereocenters. The molecule has 0 amide bonds. The average Bonchev–Trinajstić information content (AvgIpc) is 2.67. The molecule has 0 aliphatic heterocycles. The quantitative estimate of drug-likeness (QED) is 0.620. The minimum absolute atomic E-state index is 0. The van der Waals surface area contributed by atoms with E-state index in [1.165, 1.54) is 12.1 Å². The third kappa shape index (κ3) is 6.25. The molecule has 0 fully saturated rings. The summed E-state index contributed by atoms with van der Waals surface area (Å²) in [5, 5.41) is 9.03. The van der Waals surface area contributed by atoms with E-state index in [0.717, 1.165) is 22.6 Å². The van der Waals surface area contributed by atoms with Crippen LogP contribution >= 0.6 is 12.4 Å². The Morgan fingerprint density at radius 2 is 1.82 bits per heavy atom. The van der Waals surface area contributed by atoms with E-state index in [-0.39, 0.29) is 37.4 Å². The van der Waals surface area contributed by atoms with Gasteiger partial charge in [0, 0.05) is 42.8 Å². The summed E-state index contributed by atoms with van der Waals surface area (Å²) < 4.78 is 18.7. The number of aromatic nitrogens is 3. The first-order valence-electron chi connectivity index (χ1n) is 8.88. The van der Waals surface area contributed by atoms with Crippen molar-refractivity contribution in [1.82, 2.24) is 15.0 Å². The van der Waals surface area contributed by atoms with Crippen LogP contribution < -0.4 is 4.74 Å². The third-order valence-electron chi connectivity index (χ3n) is 4.20. The van der Waals surface area contributed by atoms with Crippen LogP contribution in [-0.2, 0) is 12.8 Å². The zero-order chi connectivity index (χ0) is 19.1. The Balaban J connectivity index is 0.00000280. The Bertz CT molecular complexity index is 863. The van der Waals surface area contributed by atoms with E-state index in [1.807, 2.05) is 12.1 Å². The van der Waals surface area contributed by atoms with Crippen LogP contribution in [0.2, 0.25) is 0 Å². The zero-order valence-corrected chi connectivity index (χ0v) is 16.4. The predicted molar refractivity (Wildman–Crippen MR) is 107 cm³/mol. The van der Waals surface area contributed by atoms with E-state index in [9.17, 15) is 4.39 Å². The fourth-order valence-electron chi connectivity index (χ4n) is 2.89. The summed E-state index contributed by atoms with van der Waals surface area (Å²) in [6, 6.07) is 10.3. The lowest BCUT2D eigenvalue weighted by molar-refractivity contribution is 0.201. The highest BCUT2D eigenvalue weighted by Gasteiger charge is 2.11. The molecule has 1 aromatic carbocycles. The lowest BCUT2D eigenvalue weighted by Gasteiger charge is -2.14. The number of rotatable bonds is 8. The van der Waals surface area contributed by atoms with Crippen molar-refractivity contribution < 1.29 is 14.2 Å². The number of aliphatic hydroxyl groups is 1. The topological polar surface area (TPSA) is 68.1 Å². The van der Waals surface area contributed by atoms with E-state index in [4.69, 9.17) is 14.8 Å². The monoisotopic (exact) mass is 403 g/mol. The first kappa shape index (κ1) is 21.7. The molecule has 1 N–H and O–H groups in total. The van der Waals surface area contributed by atoms with E-state index in [1.54, 1.807) is 30.7 Å². The average molecular weight is 404 g/mol. The zero-order valence-electron chi connectivity index (χ0n) is 15.6. The molecular formula is C21H23ClFN3O2. The number of aliphatic hydroxyl groups excluding tert-OH is 1. The molecule has 0 bridgehead atoms. The molecule has 0 aliphatic rings. The Morgan fingerprint density at radius 1 is 1.07 bits per heavy atom. The second-order valence-electron chi connectivity index (χ2n) is 6.39. The number of pyridine rings is 1. The molecular weight excluding hydrogens is 381 g/mol. The standard InChI is InChI=1S/C21H22FN3O2.ClH/c1-15(16-2-4-17(22)5-3-16)10-18-12-21(27-9-8-26)13-19(25-18)11-20-14-23-6-7-24-20;/h2-7,12-15,26H,8-11H2,1H3;1H/t15-;/m1./s1. The molecule has 3 rings (SSSR count). The summed E-state index contributed by atoms with van der Waals surface area (Å²) in [6.07, 6.45) is 6.23. The van der Waals surface area contributed by atoms with Gasteiger partial charge in [-0.25, -0.2) is 4.39 Å². The van der Waals surface area contributed by atoms with Crippen LogP contribution in [0.1, 0.15) is 35.5 Å². The largest absolute Gasteiger partial charge is 0.491 e. The highest BCUT2D eigenvalue weighted by atomic mass is 35.5. The van der Waals surface area contributed by atoms with Gasteiger partial charge in [-0.2, -0.15) is 0 Å². The van der Waals surface area contributed by atoms with Gasteiger partial charge < -0.3 is 9.84 Å². The molecule has 3 aromatic rings. The number of nitrogens with zero attached hydrogens (tertiary/aromatic N) is 3. The Kier molecular flexibility index (Phi) is 8.29. The highest BCUT2D eigenvalue weighted by Crippen LogP contribution is 2.23. The maximum absolute atomic E-state index is 13.1. The van der Waals surface area contributed by atoms with E-state index in [2.05, 4.69) is 16.9 Å². The van der Waals surface area contributed by atoms with Crippen LogP contribution in [-0.4, -0.2) is 33.3 Å². The summed E-state index contributed by atoms with van der Waals surface area (Å²) >= 11 is 0. The first-order chi connectivity index (χ1) is 13.1. The van der Waals surface area contributed by atoms with Gasteiger partial charge in [0.1, 0.15) is 18.2 Å². The maximum atomic E-state index is 13.1. The second-order valence-corrected chi connectivity index (χ2v) is 6.39. The summed E-state index contributed by atoms with van der Waals surface area (Å²) in [6.45, 7) is 2.25. The van der Waals surface area contributed by atoms with Crippen molar-refractivity contribution in [2.75, 3.05) is 13.2 Å². The minimum Gasteiger partial charge on any atom is -0.491 e. The molecule has 0 spiro atoms. The lowest BCUT2D eigenvalue weighted by Crippen LogP contribution is -2.07. The van der Waals surface area contributed by atoms with Crippen LogP contribution in [0.4, 0.5) is 4.39 Å². The van der Waals surface area contributed by atoms with Crippen LogP contribution in [0.25, 0.3) is 0 Å². The highest BCUT2D eigenvalue weighted by molar-refractivity contribution is 5.85. The maximum Gasteiger partial charge on any atom is 0.123 e. The molecule has 0 saturated carbocycles. The van der Waals surface area contributed by atoms with Crippen molar-refractivity contribution >= 4 is 12.4 Å². The summed E-state index contributed by atoms with van der Waals surface area (Å²) in [5.41, 5.74) is 3.57. The molecule has 5 nitrogen and oxygen atoms in total. The van der Waals surface area contributed by atoms with Gasteiger partial charge in [-0.05, 0) is 30.0 Å². The van der Waals surface area contributed by atoms with Gasteiger partial charge >= 0.3 is 0 Å². The Labute approximate surface area is 170 Å². The summed E-state index contributed by atoms with van der Waals surface area (Å²) in [5.74, 6) is 0.601. The Morgan fingerprint density at radius 3 is 2.50 bits per heavy atom. The molecule has 0 radical (unpaired) electrons. The van der Waals surface area contributed by atoms with Gasteiger partial charge in [0.05, 0.1) is 18.0 Å². The predicted octanol–water partition coefficient (Wildman–Crippen LogP) is 3.74. The fourth-order valence-corrected chi connectivity index (χ4v) is 2.89. The molecule has 148 valence electrons. The van der Waals surface area contributed by atoms with Crippen molar-refractivity contribution in [3.63, 3.8) is 0 Å². The molecule has 0 aliphatic carbocycles. The van der Waals surface area contributed by atoms with Crippen molar-refractivity contribution in [3.8, 4) is 5.75 Å². The third-order valence-corrected chi connectivity index (χ3v) is 4.20. The summed E-state index contributed by atoms with van der Waals surface area (Å²) in [7, 11) is 0. The van der Waals surface area contributed by atoms with Crippen molar-refractivity contribution in [2.45, 2.75) is 25.7 Å². The second kappa shape index (κ2) is 10.7. The molecule has 0 saturated heterocycles. The minimum atomic E-state index is -0.241. The number of halogens is 2. The van der Waals surface area contributed by atoms with Gasteiger partial charge in [-0.3, -0.25) is 15.0 Å². The van der Waals surface area contributed by atoms with Crippen LogP contribution in [0.5, 0.6) is 5.75 Å². The smallest absolute Gasteiger partial charge is 0.123 e. The SMILES string of the molecule is C[C@H](Cc1cc(OCCO)cc(Cc2cnccn2)n1)c1ccc(F)cc1.Cl. The fraction of sp³-hybridized carbons (Fsp3) is 0.286. The van der Waals surface area contributed by atoms with Gasteiger partial charge in [-0.1, -0.05) is 19.1 Å².